The Labute approximate surface area is 269 Å². The molecule has 2 aromatic carbocycles. The smallest absolute Gasteiger partial charge is 0.341 e. The first-order chi connectivity index (χ1) is 21.8. The molecule has 5 rings (SSSR count). The monoisotopic (exact) mass is 643 g/mol. The van der Waals surface area contributed by atoms with Crippen LogP contribution in [0.3, 0.4) is 0 Å². The number of ether oxygens (including phenoxy) is 1. The molecule has 3 N–H and O–H groups in total. The number of thiophene rings is 1. The van der Waals surface area contributed by atoms with Crippen LogP contribution < -0.4 is 16.0 Å². The van der Waals surface area contributed by atoms with Crippen molar-refractivity contribution in [3.63, 3.8) is 0 Å². The summed E-state index contributed by atoms with van der Waals surface area (Å²) < 4.78 is 10.7. The highest BCUT2D eigenvalue weighted by Crippen LogP contribution is 2.39. The summed E-state index contributed by atoms with van der Waals surface area (Å²) >= 11 is 2.77. The van der Waals surface area contributed by atoms with E-state index in [1.54, 1.807) is 74.5 Å². The second-order valence-corrected chi connectivity index (χ2v) is 12.8. The molecule has 1 unspecified atom stereocenters. The lowest BCUT2D eigenvalue weighted by Crippen LogP contribution is -2.30. The van der Waals surface area contributed by atoms with Crippen molar-refractivity contribution in [1.82, 2.24) is 5.32 Å². The third kappa shape index (κ3) is 8.11. The van der Waals surface area contributed by atoms with E-state index < -0.39 is 23.0 Å². The summed E-state index contributed by atoms with van der Waals surface area (Å²) in [6.07, 6.45) is 6.67. The van der Waals surface area contributed by atoms with Crippen LogP contribution in [0.2, 0.25) is 0 Å². The average molecular weight is 644 g/mol. The Bertz CT molecular complexity index is 1710. The third-order valence-corrected chi connectivity index (χ3v) is 9.32. The predicted molar refractivity (Wildman–Crippen MR) is 177 cm³/mol. The van der Waals surface area contributed by atoms with E-state index in [1.807, 2.05) is 6.07 Å². The van der Waals surface area contributed by atoms with Crippen molar-refractivity contribution in [2.24, 2.45) is 0 Å². The molecule has 2 heterocycles. The highest BCUT2D eigenvalue weighted by Gasteiger charge is 2.28. The van der Waals surface area contributed by atoms with Crippen LogP contribution in [-0.4, -0.2) is 35.5 Å². The van der Waals surface area contributed by atoms with Crippen LogP contribution in [0, 0.1) is 0 Å². The van der Waals surface area contributed by atoms with E-state index in [0.29, 0.717) is 27.6 Å². The zero-order valence-electron chi connectivity index (χ0n) is 24.9. The van der Waals surface area contributed by atoms with Crippen LogP contribution in [0.25, 0.3) is 6.08 Å². The first kappa shape index (κ1) is 31.8. The minimum absolute atomic E-state index is 0.000605. The SMILES string of the molecule is CCOC(=O)c1c(NC(=O)C(C)Sc2cccc(NC(=O)/C(=C/c3ccco3)NC(=O)c3ccccc3)c2)sc2c1CCCC2. The maximum atomic E-state index is 13.3. The number of furan rings is 1. The van der Waals surface area contributed by atoms with Crippen LogP contribution in [0.5, 0.6) is 0 Å². The molecule has 1 aliphatic rings. The number of carbonyl (C=O) groups excluding carboxylic acids is 4. The van der Waals surface area contributed by atoms with Crippen molar-refractivity contribution in [2.45, 2.75) is 49.7 Å². The van der Waals surface area contributed by atoms with E-state index in [4.69, 9.17) is 9.15 Å². The molecule has 0 aliphatic heterocycles. The van der Waals surface area contributed by atoms with E-state index >= 15 is 0 Å². The summed E-state index contributed by atoms with van der Waals surface area (Å²) in [5.41, 5.74) is 2.35. The van der Waals surface area contributed by atoms with Gasteiger partial charge in [0.2, 0.25) is 5.91 Å². The number of benzene rings is 2. The van der Waals surface area contributed by atoms with Gasteiger partial charge in [0.05, 0.1) is 23.7 Å². The van der Waals surface area contributed by atoms with Crippen molar-refractivity contribution >= 4 is 63.6 Å². The Morgan fingerprint density at radius 3 is 2.56 bits per heavy atom. The van der Waals surface area contributed by atoms with Gasteiger partial charge in [-0.25, -0.2) is 4.79 Å². The Kier molecular flexibility index (Phi) is 10.5. The van der Waals surface area contributed by atoms with E-state index in [1.165, 1.54) is 35.4 Å². The molecule has 0 saturated heterocycles. The molecule has 0 bridgehead atoms. The number of aryl methyl sites for hydroxylation is 1. The summed E-state index contributed by atoms with van der Waals surface area (Å²) in [5.74, 6) is -1.24. The van der Waals surface area contributed by atoms with Gasteiger partial charge in [-0.3, -0.25) is 14.4 Å². The van der Waals surface area contributed by atoms with Gasteiger partial charge in [0.1, 0.15) is 16.5 Å². The first-order valence-corrected chi connectivity index (χ1v) is 16.3. The lowest BCUT2D eigenvalue weighted by atomic mass is 9.95. The highest BCUT2D eigenvalue weighted by atomic mass is 32.2. The molecule has 1 atom stereocenters. The number of amides is 3. The molecule has 3 amide bonds. The second-order valence-electron chi connectivity index (χ2n) is 10.3. The number of hydrogen-bond acceptors (Lipinski definition) is 8. The van der Waals surface area contributed by atoms with Crippen molar-refractivity contribution in [3.05, 3.63) is 106 Å². The van der Waals surface area contributed by atoms with Crippen LogP contribution >= 0.6 is 23.1 Å². The molecule has 9 nitrogen and oxygen atoms in total. The molecule has 0 fully saturated rings. The summed E-state index contributed by atoms with van der Waals surface area (Å²) in [5, 5.41) is 8.50. The van der Waals surface area contributed by atoms with Crippen LogP contribution in [0.15, 0.2) is 88.0 Å². The molecular weight excluding hydrogens is 611 g/mol. The quantitative estimate of drug-likeness (QED) is 0.0920. The van der Waals surface area contributed by atoms with Crippen LogP contribution in [0.4, 0.5) is 10.7 Å². The molecule has 0 saturated carbocycles. The molecule has 2 aromatic heterocycles. The van der Waals surface area contributed by atoms with Gasteiger partial charge in [0, 0.05) is 27.1 Å². The molecular formula is C34H33N3O6S2. The Morgan fingerprint density at radius 1 is 1.00 bits per heavy atom. The van der Waals surface area contributed by atoms with Gasteiger partial charge >= 0.3 is 5.97 Å². The number of rotatable bonds is 11. The first-order valence-electron chi connectivity index (χ1n) is 14.6. The van der Waals surface area contributed by atoms with E-state index in [9.17, 15) is 19.2 Å². The number of fused-ring (bicyclic) bond motifs is 1. The number of nitrogens with one attached hydrogen (secondary N) is 3. The number of hydrogen-bond donors (Lipinski definition) is 3. The van der Waals surface area contributed by atoms with E-state index in [2.05, 4.69) is 16.0 Å². The van der Waals surface area contributed by atoms with Crippen molar-refractivity contribution < 1.29 is 28.3 Å². The maximum Gasteiger partial charge on any atom is 0.341 e. The predicted octanol–water partition coefficient (Wildman–Crippen LogP) is 6.93. The van der Waals surface area contributed by atoms with Gasteiger partial charge in [-0.1, -0.05) is 24.3 Å². The van der Waals surface area contributed by atoms with Crippen molar-refractivity contribution in [2.75, 3.05) is 17.2 Å². The second kappa shape index (κ2) is 14.9. The summed E-state index contributed by atoms with van der Waals surface area (Å²) in [6, 6.07) is 19.0. The molecule has 4 aromatic rings. The number of thioether (sulfide) groups is 1. The third-order valence-electron chi connectivity index (χ3n) is 7.02. The molecule has 11 heteroatoms. The fraction of sp³-hybridized carbons (Fsp3) is 0.235. The zero-order chi connectivity index (χ0) is 31.8. The van der Waals surface area contributed by atoms with E-state index in [0.717, 1.165) is 41.0 Å². The lowest BCUT2D eigenvalue weighted by molar-refractivity contribution is -0.115. The van der Waals surface area contributed by atoms with Gasteiger partial charge in [0.15, 0.2) is 0 Å². The van der Waals surface area contributed by atoms with Crippen LogP contribution in [0.1, 0.15) is 63.6 Å². The van der Waals surface area contributed by atoms with Gasteiger partial charge in [-0.05, 0) is 87.6 Å². The topological polar surface area (TPSA) is 127 Å². The number of anilines is 2. The summed E-state index contributed by atoms with van der Waals surface area (Å²) in [4.78, 5) is 54.1. The van der Waals surface area contributed by atoms with Gasteiger partial charge in [-0.15, -0.1) is 23.1 Å². The fourth-order valence-electron chi connectivity index (χ4n) is 4.85. The Morgan fingerprint density at radius 2 is 1.80 bits per heavy atom. The standard InChI is InChI=1S/C34H33N3O6S2/c1-3-42-34(41)29-26-16-7-8-17-28(26)45-33(29)37-30(38)21(2)44-25-15-9-13-23(19-25)35-32(40)27(20-24-14-10-18-43-24)36-31(39)22-11-5-4-6-12-22/h4-6,9-15,18-21H,3,7-8,16-17H2,1-2H3,(H,35,40)(H,36,39)(H,37,38)/b27-20-. The molecule has 0 spiro atoms. The largest absolute Gasteiger partial charge is 0.465 e. The molecule has 1 aliphatic carbocycles. The van der Waals surface area contributed by atoms with E-state index in [-0.39, 0.29) is 18.2 Å². The van der Waals surface area contributed by atoms with Gasteiger partial charge in [-0.2, -0.15) is 0 Å². The number of esters is 1. The average Bonchev–Trinajstić information content (AvgIpc) is 3.69. The fourth-order valence-corrected chi connectivity index (χ4v) is 7.05. The Balaban J connectivity index is 1.27. The normalized spacial score (nSPS) is 13.3. The maximum absolute atomic E-state index is 13.3. The molecule has 0 radical (unpaired) electrons. The molecule has 45 heavy (non-hydrogen) atoms. The van der Waals surface area contributed by atoms with Gasteiger partial charge in [0.25, 0.3) is 11.8 Å². The number of carbonyl (C=O) groups is 4. The Hall–Kier alpha value is -4.61. The summed E-state index contributed by atoms with van der Waals surface area (Å²) in [6.45, 7) is 3.81. The lowest BCUT2D eigenvalue weighted by Gasteiger charge is -2.14. The minimum Gasteiger partial charge on any atom is -0.465 e. The zero-order valence-corrected chi connectivity index (χ0v) is 26.5. The highest BCUT2D eigenvalue weighted by molar-refractivity contribution is 8.00. The van der Waals surface area contributed by atoms with Crippen molar-refractivity contribution in [3.8, 4) is 0 Å². The summed E-state index contributed by atoms with van der Waals surface area (Å²) in [7, 11) is 0. The van der Waals surface area contributed by atoms with Crippen molar-refractivity contribution in [1.29, 1.82) is 0 Å². The molecule has 232 valence electrons. The van der Waals surface area contributed by atoms with Crippen LogP contribution in [-0.2, 0) is 27.2 Å². The minimum atomic E-state index is -0.545. The van der Waals surface area contributed by atoms with Gasteiger partial charge < -0.3 is 25.1 Å².